The molecule has 2 aromatic carbocycles. The molecule has 1 heterocycles. The molecule has 0 spiro atoms. The first-order chi connectivity index (χ1) is 13.4. The molecular formula is C20H17N3O3S2. The van der Waals surface area contributed by atoms with Gasteiger partial charge in [-0.05, 0) is 42.2 Å². The van der Waals surface area contributed by atoms with E-state index in [0.717, 1.165) is 10.5 Å². The molecule has 0 saturated carbocycles. The lowest BCUT2D eigenvalue weighted by molar-refractivity contribution is 0.397. The number of pyridine rings is 1. The Hall–Kier alpha value is -2.86. The number of rotatable bonds is 5. The van der Waals surface area contributed by atoms with Crippen LogP contribution in [0.1, 0.15) is 5.56 Å². The third-order valence-corrected chi connectivity index (χ3v) is 5.83. The number of aromatic nitrogens is 1. The van der Waals surface area contributed by atoms with E-state index in [1.807, 2.05) is 30.5 Å². The van der Waals surface area contributed by atoms with Crippen LogP contribution in [0, 0.1) is 11.3 Å². The van der Waals surface area contributed by atoms with Crippen LogP contribution in [0.15, 0.2) is 64.4 Å². The van der Waals surface area contributed by atoms with Crippen molar-refractivity contribution < 1.29 is 13.2 Å². The van der Waals surface area contributed by atoms with Gasteiger partial charge in [-0.3, -0.25) is 0 Å². The number of hydrogen-bond acceptors (Lipinski definition) is 6. The van der Waals surface area contributed by atoms with Crippen molar-refractivity contribution in [1.29, 1.82) is 5.26 Å². The number of benzene rings is 2. The van der Waals surface area contributed by atoms with Gasteiger partial charge in [0.15, 0.2) is 0 Å². The summed E-state index contributed by atoms with van der Waals surface area (Å²) in [6.07, 6.45) is 2.00. The predicted molar refractivity (Wildman–Crippen MR) is 110 cm³/mol. The number of sulfonamides is 1. The summed E-state index contributed by atoms with van der Waals surface area (Å²) in [4.78, 5) is 5.67. The van der Waals surface area contributed by atoms with Crippen molar-refractivity contribution in [3.63, 3.8) is 0 Å². The minimum atomic E-state index is -3.79. The summed E-state index contributed by atoms with van der Waals surface area (Å²) in [5.74, 6) is 0.233. The molecule has 3 rings (SSSR count). The Kier molecular flexibility index (Phi) is 5.70. The summed E-state index contributed by atoms with van der Waals surface area (Å²) in [6, 6.07) is 17.8. The van der Waals surface area contributed by atoms with E-state index < -0.39 is 10.0 Å². The van der Waals surface area contributed by atoms with Gasteiger partial charge in [-0.25, -0.2) is 18.5 Å². The summed E-state index contributed by atoms with van der Waals surface area (Å²) in [7, 11) is -2.32. The molecule has 0 amide bonds. The molecule has 0 unspecified atom stereocenters. The lowest BCUT2D eigenvalue weighted by Gasteiger charge is -2.13. The second-order valence-electron chi connectivity index (χ2n) is 5.85. The number of nitriles is 1. The maximum absolute atomic E-state index is 11.5. The van der Waals surface area contributed by atoms with Gasteiger partial charge in [0.05, 0.1) is 17.7 Å². The predicted octanol–water partition coefficient (Wildman–Crippen LogP) is 3.67. The molecule has 0 atom stereocenters. The summed E-state index contributed by atoms with van der Waals surface area (Å²) in [5, 5.41) is 14.6. The zero-order valence-electron chi connectivity index (χ0n) is 15.2. The van der Waals surface area contributed by atoms with Crippen molar-refractivity contribution in [1.82, 2.24) is 4.98 Å². The zero-order chi connectivity index (χ0) is 20.3. The van der Waals surface area contributed by atoms with Crippen molar-refractivity contribution in [2.24, 2.45) is 5.14 Å². The lowest BCUT2D eigenvalue weighted by atomic mass is 9.98. The Morgan fingerprint density at radius 2 is 1.68 bits per heavy atom. The van der Waals surface area contributed by atoms with Crippen molar-refractivity contribution in [2.75, 3.05) is 13.4 Å². The van der Waals surface area contributed by atoms with E-state index in [2.05, 4.69) is 11.1 Å². The summed E-state index contributed by atoms with van der Waals surface area (Å²) < 4.78 is 28.3. The van der Waals surface area contributed by atoms with Crippen molar-refractivity contribution >= 4 is 21.8 Å². The zero-order valence-corrected chi connectivity index (χ0v) is 16.8. The van der Waals surface area contributed by atoms with Crippen molar-refractivity contribution in [3.8, 4) is 34.3 Å². The van der Waals surface area contributed by atoms with Gasteiger partial charge >= 0.3 is 0 Å². The molecule has 0 bridgehead atoms. The smallest absolute Gasteiger partial charge is 0.238 e. The van der Waals surface area contributed by atoms with Gasteiger partial charge in [0.2, 0.25) is 15.9 Å². The molecule has 0 aliphatic carbocycles. The molecule has 0 saturated heterocycles. The van der Waals surface area contributed by atoms with Crippen LogP contribution < -0.4 is 9.88 Å². The first-order valence-corrected chi connectivity index (χ1v) is 10.9. The van der Waals surface area contributed by atoms with Gasteiger partial charge in [0.25, 0.3) is 0 Å². The molecular weight excluding hydrogens is 394 g/mol. The normalized spacial score (nSPS) is 11.1. The highest BCUT2D eigenvalue weighted by Crippen LogP contribution is 2.35. The molecule has 0 aliphatic rings. The van der Waals surface area contributed by atoms with Crippen molar-refractivity contribution in [3.05, 3.63) is 60.2 Å². The van der Waals surface area contributed by atoms with Gasteiger partial charge in [0.1, 0.15) is 11.6 Å². The van der Waals surface area contributed by atoms with E-state index in [1.165, 1.54) is 19.2 Å². The van der Waals surface area contributed by atoms with Crippen LogP contribution in [-0.2, 0) is 10.0 Å². The lowest BCUT2D eigenvalue weighted by Crippen LogP contribution is -2.11. The van der Waals surface area contributed by atoms with Crippen molar-refractivity contribution in [2.45, 2.75) is 9.79 Å². The summed E-state index contributed by atoms with van der Waals surface area (Å²) in [5.41, 5.74) is 3.17. The molecule has 0 aliphatic heterocycles. The van der Waals surface area contributed by atoms with E-state index in [-0.39, 0.29) is 16.3 Å². The molecule has 28 heavy (non-hydrogen) atoms. The first kappa shape index (κ1) is 19.9. The Labute approximate surface area is 168 Å². The van der Waals surface area contributed by atoms with Crippen LogP contribution in [0.2, 0.25) is 0 Å². The first-order valence-electron chi connectivity index (χ1n) is 8.14. The van der Waals surface area contributed by atoms with Gasteiger partial charge in [0, 0.05) is 16.0 Å². The van der Waals surface area contributed by atoms with Gasteiger partial charge < -0.3 is 4.74 Å². The molecule has 2 N–H and O–H groups in total. The van der Waals surface area contributed by atoms with E-state index in [0.29, 0.717) is 16.8 Å². The molecule has 3 aromatic rings. The van der Waals surface area contributed by atoms with E-state index in [1.54, 1.807) is 30.0 Å². The van der Waals surface area contributed by atoms with Gasteiger partial charge in [-0.15, -0.1) is 11.8 Å². The van der Waals surface area contributed by atoms with Crippen LogP contribution in [0.3, 0.4) is 0 Å². The average molecular weight is 412 g/mol. The summed E-state index contributed by atoms with van der Waals surface area (Å²) >= 11 is 1.63. The maximum atomic E-state index is 11.5. The Morgan fingerprint density at radius 3 is 2.18 bits per heavy atom. The quantitative estimate of drug-likeness (QED) is 0.642. The minimum absolute atomic E-state index is 0.0177. The fraction of sp³-hybridized carbons (Fsp3) is 0.100. The van der Waals surface area contributed by atoms with Gasteiger partial charge in [-0.1, -0.05) is 24.3 Å². The highest BCUT2D eigenvalue weighted by molar-refractivity contribution is 7.98. The number of nitrogens with zero attached hydrogens (tertiary/aromatic N) is 2. The third kappa shape index (κ3) is 4.02. The number of primary sulfonamides is 1. The highest BCUT2D eigenvalue weighted by Gasteiger charge is 2.16. The Balaban J connectivity index is 2.22. The molecule has 8 heteroatoms. The molecule has 0 fully saturated rings. The Bertz CT molecular complexity index is 1150. The van der Waals surface area contributed by atoms with Crippen LogP contribution >= 0.6 is 11.8 Å². The minimum Gasteiger partial charge on any atom is -0.480 e. The second-order valence-corrected chi connectivity index (χ2v) is 8.29. The number of hydrogen-bond donors (Lipinski definition) is 1. The van der Waals surface area contributed by atoms with E-state index in [4.69, 9.17) is 9.88 Å². The number of nitrogens with two attached hydrogens (primary N) is 1. The molecule has 0 radical (unpaired) electrons. The number of ether oxygens (including phenoxy) is 1. The topological polar surface area (TPSA) is 106 Å². The fourth-order valence-corrected chi connectivity index (χ4v) is 3.67. The largest absolute Gasteiger partial charge is 0.480 e. The standard InChI is InChI=1S/C20H17N3O3S2/c1-26-20-15(12-21)11-18(13-5-9-17(10-6-13)28(22,24)25)19(23-20)14-3-7-16(27-2)8-4-14/h3-11H,1-2H3,(H2,22,24,25). The number of methoxy groups -OCH3 is 1. The average Bonchev–Trinajstić information content (AvgIpc) is 2.72. The highest BCUT2D eigenvalue weighted by atomic mass is 32.2. The maximum Gasteiger partial charge on any atom is 0.238 e. The monoisotopic (exact) mass is 411 g/mol. The Morgan fingerprint density at radius 1 is 1.07 bits per heavy atom. The van der Waals surface area contributed by atoms with Crippen LogP contribution in [0.25, 0.3) is 22.4 Å². The fourth-order valence-electron chi connectivity index (χ4n) is 2.75. The summed E-state index contributed by atoms with van der Waals surface area (Å²) in [6.45, 7) is 0. The van der Waals surface area contributed by atoms with Crippen LogP contribution in [0.4, 0.5) is 0 Å². The van der Waals surface area contributed by atoms with Crippen LogP contribution in [-0.4, -0.2) is 26.8 Å². The third-order valence-electron chi connectivity index (χ3n) is 4.16. The van der Waals surface area contributed by atoms with E-state index >= 15 is 0 Å². The molecule has 6 nitrogen and oxygen atoms in total. The van der Waals surface area contributed by atoms with E-state index in [9.17, 15) is 13.7 Å². The molecule has 142 valence electrons. The van der Waals surface area contributed by atoms with Gasteiger partial charge in [-0.2, -0.15) is 5.26 Å². The number of thioether (sulfide) groups is 1. The molecule has 1 aromatic heterocycles. The second kappa shape index (κ2) is 8.02. The SMILES string of the molecule is COc1nc(-c2ccc(SC)cc2)c(-c2ccc(S(N)(=O)=O)cc2)cc1C#N. The van der Waals surface area contributed by atoms with Crippen LogP contribution in [0.5, 0.6) is 5.88 Å².